The van der Waals surface area contributed by atoms with Crippen molar-refractivity contribution in [2.24, 2.45) is 0 Å². The molecule has 0 radical (unpaired) electrons. The molecule has 0 aliphatic carbocycles. The molecule has 4 heteroatoms. The Morgan fingerprint density at radius 2 is 1.56 bits per heavy atom. The number of halogens is 1. The second kappa shape index (κ2) is 13.5. The number of hydrogen-bond donors (Lipinski definition) is 0. The number of unbranched alkanes of at least 4 members (excludes halogenated alkanes) is 2. The fraction of sp³-hybridized carbons (Fsp3) is 1.00. The molecule has 0 spiro atoms. The Balaban J connectivity index is 3.58. The molecule has 98 valence electrons. The zero-order chi connectivity index (χ0) is 12.1. The number of hydrogen-bond acceptors (Lipinski definition) is 2. The summed E-state index contributed by atoms with van der Waals surface area (Å²) in [5.41, 5.74) is 0. The minimum atomic E-state index is -0.315. The molecule has 0 aromatic heterocycles. The molecule has 0 atom stereocenters. The van der Waals surface area contributed by atoms with Crippen LogP contribution >= 0.6 is 11.1 Å². The van der Waals surface area contributed by atoms with E-state index in [0.717, 1.165) is 38.9 Å². The van der Waals surface area contributed by atoms with E-state index in [1.807, 2.05) is 0 Å². The Hall–Kier alpha value is 0.427. The van der Waals surface area contributed by atoms with Gasteiger partial charge >= 0.3 is 0 Å². The van der Waals surface area contributed by atoms with Crippen LogP contribution in [0, 0.1) is 0 Å². The first kappa shape index (κ1) is 16.4. The van der Waals surface area contributed by atoms with Crippen molar-refractivity contribution < 1.29 is 9.47 Å². The van der Waals surface area contributed by atoms with Crippen molar-refractivity contribution in [3.8, 4) is 0 Å². The summed E-state index contributed by atoms with van der Waals surface area (Å²) < 4.78 is 11.5. The van der Waals surface area contributed by atoms with Gasteiger partial charge in [-0.25, -0.2) is 0 Å². The van der Waals surface area contributed by atoms with Crippen LogP contribution in [0.25, 0.3) is 0 Å². The molecule has 2 nitrogen and oxygen atoms in total. The maximum atomic E-state index is 5.80. The fourth-order valence-electron chi connectivity index (χ4n) is 1.34. The normalized spacial score (nSPS) is 12.0. The van der Waals surface area contributed by atoms with E-state index in [0.29, 0.717) is 0 Å². The van der Waals surface area contributed by atoms with E-state index in [2.05, 4.69) is 13.8 Å². The molecule has 0 bridgehead atoms. The summed E-state index contributed by atoms with van der Waals surface area (Å²) in [4.78, 5) is 0. The summed E-state index contributed by atoms with van der Waals surface area (Å²) in [7, 11) is -0.315. The van der Waals surface area contributed by atoms with E-state index in [1.165, 1.54) is 18.9 Å². The topological polar surface area (TPSA) is 18.5 Å². The number of rotatable bonds is 12. The van der Waals surface area contributed by atoms with Crippen LogP contribution in [0.3, 0.4) is 0 Å². The first-order valence-corrected chi connectivity index (χ1v) is 9.78. The van der Waals surface area contributed by atoms with Crippen molar-refractivity contribution >= 4 is 19.9 Å². The van der Waals surface area contributed by atoms with Crippen LogP contribution in [0.2, 0.25) is 6.04 Å². The van der Waals surface area contributed by atoms with Crippen molar-refractivity contribution in [3.63, 3.8) is 0 Å². The quantitative estimate of drug-likeness (QED) is 0.233. The molecular weight excluding hydrogens is 240 g/mol. The van der Waals surface area contributed by atoms with Gasteiger partial charge in [-0.1, -0.05) is 33.1 Å². The van der Waals surface area contributed by atoms with Gasteiger partial charge in [0.1, 0.15) is 8.83 Å². The van der Waals surface area contributed by atoms with E-state index in [9.17, 15) is 0 Å². The highest BCUT2D eigenvalue weighted by Gasteiger charge is 2.08. The maximum Gasteiger partial charge on any atom is 0.157 e. The fourth-order valence-corrected chi connectivity index (χ4v) is 2.38. The maximum absolute atomic E-state index is 5.80. The first-order valence-electron chi connectivity index (χ1n) is 6.64. The van der Waals surface area contributed by atoms with Gasteiger partial charge in [0.05, 0.1) is 0 Å². The Morgan fingerprint density at radius 3 is 2.00 bits per heavy atom. The molecule has 16 heavy (non-hydrogen) atoms. The summed E-state index contributed by atoms with van der Waals surface area (Å²) in [6.07, 6.45) is 6.77. The first-order chi connectivity index (χ1) is 7.85. The van der Waals surface area contributed by atoms with Crippen molar-refractivity contribution in [1.82, 2.24) is 0 Å². The lowest BCUT2D eigenvalue weighted by atomic mass is 10.3. The van der Waals surface area contributed by atoms with Crippen LogP contribution in [-0.2, 0) is 9.47 Å². The molecule has 0 aromatic rings. The molecular formula is C12H27ClO2Si. The Labute approximate surface area is 108 Å². The lowest BCUT2D eigenvalue weighted by molar-refractivity contribution is -0.147. The summed E-state index contributed by atoms with van der Waals surface area (Å²) in [5.74, 6) is 0. The predicted octanol–water partition coefficient (Wildman–Crippen LogP) is 3.47. The van der Waals surface area contributed by atoms with Crippen LogP contribution in [0.1, 0.15) is 52.4 Å². The van der Waals surface area contributed by atoms with Crippen LogP contribution < -0.4 is 0 Å². The van der Waals surface area contributed by atoms with Crippen LogP contribution in [0.15, 0.2) is 0 Å². The average molecular weight is 267 g/mol. The van der Waals surface area contributed by atoms with Gasteiger partial charge in [-0.05, 0) is 25.3 Å². The van der Waals surface area contributed by atoms with Crippen LogP contribution in [-0.4, -0.2) is 28.3 Å². The van der Waals surface area contributed by atoms with Gasteiger partial charge in [0.15, 0.2) is 6.29 Å². The molecule has 0 unspecified atom stereocenters. The number of ether oxygens (including phenoxy) is 2. The molecule has 0 heterocycles. The molecule has 0 N–H and O–H groups in total. The average Bonchev–Trinajstić information content (AvgIpc) is 2.29. The molecule has 0 rings (SSSR count). The standard InChI is InChI=1S/C12H27ClO2Si/c1-3-5-9-14-12(8-7-11-16-13)15-10-6-4-2/h12H,3-11,16H2,1-2H3. The summed E-state index contributed by atoms with van der Waals surface area (Å²) >= 11 is 5.80. The van der Waals surface area contributed by atoms with Crippen molar-refractivity contribution in [2.75, 3.05) is 13.2 Å². The lowest BCUT2D eigenvalue weighted by Crippen LogP contribution is -2.18. The van der Waals surface area contributed by atoms with Crippen LogP contribution in [0.5, 0.6) is 0 Å². The van der Waals surface area contributed by atoms with Crippen molar-refractivity contribution in [3.05, 3.63) is 0 Å². The van der Waals surface area contributed by atoms with E-state index in [1.54, 1.807) is 0 Å². The third kappa shape index (κ3) is 10.9. The Morgan fingerprint density at radius 1 is 1.00 bits per heavy atom. The van der Waals surface area contributed by atoms with Gasteiger partial charge in [0.2, 0.25) is 0 Å². The SMILES string of the molecule is CCCCOC(CCC[SiH2]Cl)OCCCC. The minimum Gasteiger partial charge on any atom is -0.353 e. The van der Waals surface area contributed by atoms with Gasteiger partial charge in [-0.2, -0.15) is 11.1 Å². The van der Waals surface area contributed by atoms with E-state index >= 15 is 0 Å². The molecule has 0 amide bonds. The van der Waals surface area contributed by atoms with E-state index < -0.39 is 0 Å². The van der Waals surface area contributed by atoms with E-state index in [-0.39, 0.29) is 15.1 Å². The second-order valence-corrected chi connectivity index (χ2v) is 6.28. The van der Waals surface area contributed by atoms with Crippen molar-refractivity contribution in [1.29, 1.82) is 0 Å². The molecule has 0 aromatic carbocycles. The third-order valence-corrected chi connectivity index (χ3v) is 4.00. The zero-order valence-electron chi connectivity index (χ0n) is 10.8. The van der Waals surface area contributed by atoms with E-state index in [4.69, 9.17) is 20.6 Å². The van der Waals surface area contributed by atoms with Gasteiger partial charge in [-0.3, -0.25) is 0 Å². The monoisotopic (exact) mass is 266 g/mol. The molecule has 0 aliphatic rings. The highest BCUT2D eigenvalue weighted by atomic mass is 35.6. The minimum absolute atomic E-state index is 0.00955. The predicted molar refractivity (Wildman–Crippen MR) is 73.9 cm³/mol. The molecule has 0 saturated carbocycles. The van der Waals surface area contributed by atoms with Gasteiger partial charge < -0.3 is 9.47 Å². The second-order valence-electron chi connectivity index (χ2n) is 4.06. The summed E-state index contributed by atoms with van der Waals surface area (Å²) in [6, 6.07) is 1.19. The Kier molecular flexibility index (Phi) is 13.9. The molecule has 0 saturated heterocycles. The van der Waals surface area contributed by atoms with Gasteiger partial charge in [0.25, 0.3) is 0 Å². The van der Waals surface area contributed by atoms with Gasteiger partial charge in [-0.15, -0.1) is 0 Å². The highest BCUT2D eigenvalue weighted by molar-refractivity contribution is 6.93. The summed E-state index contributed by atoms with van der Waals surface area (Å²) in [6.45, 7) is 6.00. The van der Waals surface area contributed by atoms with Gasteiger partial charge in [0, 0.05) is 13.2 Å². The molecule has 0 aliphatic heterocycles. The van der Waals surface area contributed by atoms with Crippen molar-refractivity contribution in [2.45, 2.75) is 64.7 Å². The van der Waals surface area contributed by atoms with Crippen LogP contribution in [0.4, 0.5) is 0 Å². The highest BCUT2D eigenvalue weighted by Crippen LogP contribution is 2.09. The molecule has 0 fully saturated rings. The summed E-state index contributed by atoms with van der Waals surface area (Å²) in [5, 5.41) is 0. The lowest BCUT2D eigenvalue weighted by Gasteiger charge is -2.18. The largest absolute Gasteiger partial charge is 0.353 e. The zero-order valence-corrected chi connectivity index (χ0v) is 13.0. The Bertz CT molecular complexity index is 112. The third-order valence-electron chi connectivity index (χ3n) is 2.43. The smallest absolute Gasteiger partial charge is 0.157 e.